The Morgan fingerprint density at radius 3 is 2.39 bits per heavy atom. The van der Waals surface area contributed by atoms with Crippen molar-refractivity contribution in [3.8, 4) is 28.6 Å². The summed E-state index contributed by atoms with van der Waals surface area (Å²) < 4.78 is 12.5. The molecule has 0 spiro atoms. The highest BCUT2D eigenvalue weighted by atomic mass is 32.2. The Balaban J connectivity index is 1.50. The summed E-state index contributed by atoms with van der Waals surface area (Å²) in [6, 6.07) is 23.6. The SMILES string of the molecule is COc1ccc(/C=N/NC(=O)CSc2nnc(-c3ccc(C(C)(C)C)cc3)n2-c2ccccc2)c(OC)c1. The molecule has 0 aliphatic rings. The summed E-state index contributed by atoms with van der Waals surface area (Å²) >= 11 is 1.29. The molecule has 38 heavy (non-hydrogen) atoms. The number of rotatable bonds is 9. The van der Waals surface area contributed by atoms with Crippen molar-refractivity contribution in [1.82, 2.24) is 20.2 Å². The molecule has 3 aromatic carbocycles. The molecule has 1 amide bonds. The summed E-state index contributed by atoms with van der Waals surface area (Å²) in [5.74, 6) is 1.83. The van der Waals surface area contributed by atoms with Crippen molar-refractivity contribution in [2.75, 3.05) is 20.0 Å². The fourth-order valence-corrected chi connectivity index (χ4v) is 4.49. The summed E-state index contributed by atoms with van der Waals surface area (Å²) in [5, 5.41) is 13.6. The van der Waals surface area contributed by atoms with E-state index in [4.69, 9.17) is 9.47 Å². The third-order valence-electron chi connectivity index (χ3n) is 5.82. The number of hydrogen-bond acceptors (Lipinski definition) is 7. The van der Waals surface area contributed by atoms with Crippen LogP contribution in [0.15, 0.2) is 83.1 Å². The van der Waals surface area contributed by atoms with E-state index in [0.29, 0.717) is 28.0 Å². The first kappa shape index (κ1) is 26.9. The molecule has 0 bridgehead atoms. The maximum Gasteiger partial charge on any atom is 0.250 e. The number of nitrogens with zero attached hydrogens (tertiary/aromatic N) is 4. The lowest BCUT2D eigenvalue weighted by Crippen LogP contribution is -2.20. The van der Waals surface area contributed by atoms with E-state index in [1.165, 1.54) is 23.5 Å². The number of amides is 1. The predicted octanol–water partition coefficient (Wildman–Crippen LogP) is 5.49. The molecule has 0 aliphatic heterocycles. The number of nitrogens with one attached hydrogen (secondary N) is 1. The van der Waals surface area contributed by atoms with E-state index in [0.717, 1.165) is 11.3 Å². The number of carbonyl (C=O) groups is 1. The molecule has 0 saturated carbocycles. The molecule has 0 saturated heterocycles. The fourth-order valence-electron chi connectivity index (χ4n) is 3.74. The Labute approximate surface area is 227 Å². The third-order valence-corrected chi connectivity index (χ3v) is 6.75. The van der Waals surface area contributed by atoms with Crippen LogP contribution in [-0.2, 0) is 10.2 Å². The van der Waals surface area contributed by atoms with E-state index in [1.54, 1.807) is 32.4 Å². The van der Waals surface area contributed by atoms with Crippen LogP contribution in [-0.4, -0.2) is 46.9 Å². The summed E-state index contributed by atoms with van der Waals surface area (Å²) in [5.41, 5.74) is 6.44. The van der Waals surface area contributed by atoms with E-state index in [2.05, 4.69) is 65.8 Å². The number of thioether (sulfide) groups is 1. The van der Waals surface area contributed by atoms with Gasteiger partial charge in [-0.1, -0.05) is 75.0 Å². The van der Waals surface area contributed by atoms with Gasteiger partial charge in [0.2, 0.25) is 0 Å². The van der Waals surface area contributed by atoms with Crippen molar-refractivity contribution >= 4 is 23.9 Å². The minimum atomic E-state index is -0.266. The Kier molecular flexibility index (Phi) is 8.48. The molecule has 0 aliphatic carbocycles. The van der Waals surface area contributed by atoms with Gasteiger partial charge in [0.15, 0.2) is 11.0 Å². The smallest absolute Gasteiger partial charge is 0.250 e. The number of hydrogen-bond donors (Lipinski definition) is 1. The van der Waals surface area contributed by atoms with E-state index < -0.39 is 0 Å². The molecule has 1 N–H and O–H groups in total. The molecule has 8 nitrogen and oxygen atoms in total. The van der Waals surface area contributed by atoms with Crippen molar-refractivity contribution in [1.29, 1.82) is 0 Å². The third kappa shape index (κ3) is 6.41. The van der Waals surface area contributed by atoms with Gasteiger partial charge in [0, 0.05) is 22.9 Å². The van der Waals surface area contributed by atoms with Crippen LogP contribution >= 0.6 is 11.8 Å². The number of methoxy groups -OCH3 is 2. The molecule has 0 fully saturated rings. The average molecular weight is 530 g/mol. The van der Waals surface area contributed by atoms with Gasteiger partial charge in [-0.05, 0) is 35.2 Å². The van der Waals surface area contributed by atoms with Gasteiger partial charge in [0.25, 0.3) is 5.91 Å². The van der Waals surface area contributed by atoms with Crippen LogP contribution in [0.3, 0.4) is 0 Å². The number of carbonyl (C=O) groups excluding carboxylic acids is 1. The highest BCUT2D eigenvalue weighted by molar-refractivity contribution is 7.99. The van der Waals surface area contributed by atoms with Gasteiger partial charge in [-0.2, -0.15) is 5.10 Å². The maximum absolute atomic E-state index is 12.6. The van der Waals surface area contributed by atoms with E-state index in [9.17, 15) is 4.79 Å². The van der Waals surface area contributed by atoms with Crippen LogP contribution in [0.25, 0.3) is 17.1 Å². The van der Waals surface area contributed by atoms with E-state index >= 15 is 0 Å². The van der Waals surface area contributed by atoms with Gasteiger partial charge in [-0.25, -0.2) is 5.43 Å². The molecule has 0 atom stereocenters. The van der Waals surface area contributed by atoms with Crippen molar-refractivity contribution in [2.45, 2.75) is 31.3 Å². The largest absolute Gasteiger partial charge is 0.497 e. The van der Waals surface area contributed by atoms with Gasteiger partial charge >= 0.3 is 0 Å². The topological polar surface area (TPSA) is 90.6 Å². The van der Waals surface area contributed by atoms with Gasteiger partial charge in [-0.15, -0.1) is 10.2 Å². The van der Waals surface area contributed by atoms with Gasteiger partial charge in [0.05, 0.1) is 26.2 Å². The van der Waals surface area contributed by atoms with Crippen molar-refractivity contribution in [3.63, 3.8) is 0 Å². The molecule has 0 radical (unpaired) electrons. The van der Waals surface area contributed by atoms with Crippen molar-refractivity contribution in [3.05, 3.63) is 83.9 Å². The number of hydrazone groups is 1. The molecule has 196 valence electrons. The number of ether oxygens (including phenoxy) is 2. The molecular formula is C29H31N5O3S. The lowest BCUT2D eigenvalue weighted by Gasteiger charge is -2.19. The van der Waals surface area contributed by atoms with E-state index in [1.807, 2.05) is 34.9 Å². The summed E-state index contributed by atoms with van der Waals surface area (Å²) in [6.45, 7) is 6.56. The standard InChI is InChI=1S/C29H31N5O3S/c1-29(2,3)22-14-11-20(12-15-22)27-32-33-28(34(27)23-9-7-6-8-10-23)38-19-26(35)31-30-18-21-13-16-24(36-4)17-25(21)37-5/h6-18H,19H2,1-5H3,(H,31,35)/b30-18+. The zero-order valence-corrected chi connectivity index (χ0v) is 23.0. The van der Waals surface area contributed by atoms with Crippen LogP contribution in [0.4, 0.5) is 0 Å². The summed E-state index contributed by atoms with van der Waals surface area (Å²) in [6.07, 6.45) is 1.53. The zero-order valence-electron chi connectivity index (χ0n) is 22.1. The second-order valence-electron chi connectivity index (χ2n) is 9.49. The fraction of sp³-hybridized carbons (Fsp3) is 0.241. The lowest BCUT2D eigenvalue weighted by molar-refractivity contribution is -0.118. The van der Waals surface area contributed by atoms with Crippen LogP contribution in [0.2, 0.25) is 0 Å². The monoisotopic (exact) mass is 529 g/mol. The molecule has 1 aromatic heterocycles. The van der Waals surface area contributed by atoms with Gasteiger partial charge in [0.1, 0.15) is 11.5 Å². The first-order chi connectivity index (χ1) is 18.3. The summed E-state index contributed by atoms with van der Waals surface area (Å²) in [7, 11) is 3.15. The van der Waals surface area contributed by atoms with Crippen LogP contribution in [0.5, 0.6) is 11.5 Å². The number of para-hydroxylation sites is 1. The minimum absolute atomic E-state index is 0.0565. The zero-order chi connectivity index (χ0) is 27.1. The highest BCUT2D eigenvalue weighted by Gasteiger charge is 2.19. The Morgan fingerprint density at radius 1 is 1.00 bits per heavy atom. The molecule has 9 heteroatoms. The number of aromatic nitrogens is 3. The van der Waals surface area contributed by atoms with Crippen LogP contribution in [0.1, 0.15) is 31.9 Å². The molecule has 4 rings (SSSR count). The average Bonchev–Trinajstić information content (AvgIpc) is 3.36. The first-order valence-electron chi connectivity index (χ1n) is 12.1. The van der Waals surface area contributed by atoms with Gasteiger partial charge < -0.3 is 9.47 Å². The summed E-state index contributed by atoms with van der Waals surface area (Å²) in [4.78, 5) is 12.6. The quantitative estimate of drug-likeness (QED) is 0.175. The molecule has 0 unspecified atom stereocenters. The normalized spacial score (nSPS) is 11.5. The minimum Gasteiger partial charge on any atom is -0.497 e. The highest BCUT2D eigenvalue weighted by Crippen LogP contribution is 2.30. The van der Waals surface area contributed by atoms with Gasteiger partial charge in [-0.3, -0.25) is 9.36 Å². The Bertz CT molecular complexity index is 1410. The Morgan fingerprint density at radius 2 is 1.74 bits per heavy atom. The second kappa shape index (κ2) is 12.0. The predicted molar refractivity (Wildman–Crippen MR) is 152 cm³/mol. The first-order valence-corrected chi connectivity index (χ1v) is 13.1. The van der Waals surface area contributed by atoms with Crippen molar-refractivity contribution < 1.29 is 14.3 Å². The molecular weight excluding hydrogens is 498 g/mol. The molecule has 4 aromatic rings. The molecule has 1 heterocycles. The second-order valence-corrected chi connectivity index (χ2v) is 10.4. The van der Waals surface area contributed by atoms with Crippen LogP contribution in [0, 0.1) is 0 Å². The van der Waals surface area contributed by atoms with Crippen molar-refractivity contribution in [2.24, 2.45) is 5.10 Å². The Hall–Kier alpha value is -4.11. The van der Waals surface area contributed by atoms with E-state index in [-0.39, 0.29) is 17.1 Å². The number of benzene rings is 3. The lowest BCUT2D eigenvalue weighted by atomic mass is 9.87. The van der Waals surface area contributed by atoms with Crippen LogP contribution < -0.4 is 14.9 Å². The maximum atomic E-state index is 12.6.